The highest BCUT2D eigenvalue weighted by molar-refractivity contribution is 5.68. The molecule has 0 amide bonds. The minimum Gasteiger partial charge on any atom is -0.497 e. The van der Waals surface area contributed by atoms with Crippen LogP contribution in [-0.2, 0) is 6.54 Å². The average molecular weight is 364 g/mol. The topological polar surface area (TPSA) is 118 Å². The summed E-state index contributed by atoms with van der Waals surface area (Å²) < 4.78 is 6.15. The zero-order valence-corrected chi connectivity index (χ0v) is 14.4. The van der Waals surface area contributed by atoms with Crippen LogP contribution >= 0.6 is 0 Å². The van der Waals surface area contributed by atoms with E-state index >= 15 is 0 Å². The molecular weight excluding hydrogens is 348 g/mol. The van der Waals surface area contributed by atoms with E-state index in [-0.39, 0.29) is 11.2 Å². The van der Waals surface area contributed by atoms with Gasteiger partial charge in [-0.1, -0.05) is 12.1 Å². The fourth-order valence-corrected chi connectivity index (χ4v) is 2.71. The summed E-state index contributed by atoms with van der Waals surface area (Å²) in [4.78, 5) is 38.1. The van der Waals surface area contributed by atoms with Crippen LogP contribution in [0, 0.1) is 0 Å². The van der Waals surface area contributed by atoms with Crippen molar-refractivity contribution >= 4 is 17.0 Å². The van der Waals surface area contributed by atoms with Crippen LogP contribution in [0.3, 0.4) is 0 Å². The molecule has 0 spiro atoms. The number of fused-ring (bicyclic) bond motifs is 1. The third-order valence-electron chi connectivity index (χ3n) is 4.12. The van der Waals surface area contributed by atoms with E-state index in [4.69, 9.17) is 4.74 Å². The highest BCUT2D eigenvalue weighted by Crippen LogP contribution is 2.13. The summed E-state index contributed by atoms with van der Waals surface area (Å²) in [6.45, 7) is 0.580. The lowest BCUT2D eigenvalue weighted by molar-refractivity contribution is 0.414. The van der Waals surface area contributed by atoms with Crippen molar-refractivity contribution in [1.82, 2.24) is 24.5 Å². The van der Waals surface area contributed by atoms with Gasteiger partial charge in [-0.3, -0.25) is 9.78 Å². The molecule has 0 saturated heterocycles. The van der Waals surface area contributed by atoms with Crippen LogP contribution in [0.5, 0.6) is 5.75 Å². The van der Waals surface area contributed by atoms with Crippen molar-refractivity contribution in [2.24, 2.45) is 0 Å². The van der Waals surface area contributed by atoms with Gasteiger partial charge < -0.3 is 15.0 Å². The Balaban J connectivity index is 1.55. The molecule has 9 nitrogen and oxygen atoms in total. The van der Waals surface area contributed by atoms with Gasteiger partial charge in [-0.15, -0.1) is 0 Å². The van der Waals surface area contributed by atoms with Crippen LogP contribution in [0.15, 0.2) is 58.5 Å². The van der Waals surface area contributed by atoms with E-state index < -0.39 is 11.2 Å². The summed E-state index contributed by atoms with van der Waals surface area (Å²) >= 11 is 0. The number of ether oxygens (including phenoxy) is 1. The Morgan fingerprint density at radius 3 is 2.63 bits per heavy atom. The third-order valence-corrected chi connectivity index (χ3v) is 4.12. The Kier molecular flexibility index (Phi) is 4.17. The Hall–Kier alpha value is -3.88. The number of aromatic nitrogens is 5. The second-order valence-electron chi connectivity index (χ2n) is 5.80. The maximum Gasteiger partial charge on any atom is 0.334 e. The molecule has 3 aromatic heterocycles. The van der Waals surface area contributed by atoms with E-state index in [1.807, 2.05) is 24.3 Å². The van der Waals surface area contributed by atoms with E-state index in [0.29, 0.717) is 18.1 Å². The molecule has 0 bridgehead atoms. The van der Waals surface area contributed by atoms with E-state index in [1.165, 1.54) is 12.5 Å². The molecule has 0 aliphatic heterocycles. The van der Waals surface area contributed by atoms with Crippen LogP contribution in [0.4, 0.5) is 5.82 Å². The van der Waals surface area contributed by atoms with Crippen molar-refractivity contribution in [3.63, 3.8) is 0 Å². The first-order valence-electron chi connectivity index (χ1n) is 8.17. The van der Waals surface area contributed by atoms with Gasteiger partial charge in [0.15, 0.2) is 5.65 Å². The number of hydrogen-bond acceptors (Lipinski definition) is 6. The van der Waals surface area contributed by atoms with Crippen LogP contribution in [0.1, 0.15) is 5.56 Å². The quantitative estimate of drug-likeness (QED) is 0.493. The highest BCUT2D eigenvalue weighted by atomic mass is 16.5. The zero-order chi connectivity index (χ0) is 18.8. The summed E-state index contributed by atoms with van der Waals surface area (Å²) in [5, 5.41) is 3.19. The fraction of sp³-hybridized carbons (Fsp3) is 0.111. The first-order valence-corrected chi connectivity index (χ1v) is 8.17. The Morgan fingerprint density at radius 2 is 1.93 bits per heavy atom. The van der Waals surface area contributed by atoms with Crippen molar-refractivity contribution in [2.45, 2.75) is 6.54 Å². The molecule has 4 aromatic rings. The van der Waals surface area contributed by atoms with Crippen molar-refractivity contribution in [3.05, 3.63) is 75.3 Å². The number of H-pyrrole nitrogens is 2. The van der Waals surface area contributed by atoms with Gasteiger partial charge in [0.1, 0.15) is 17.1 Å². The monoisotopic (exact) mass is 364 g/mol. The second-order valence-corrected chi connectivity index (χ2v) is 5.80. The second kappa shape index (κ2) is 6.79. The van der Waals surface area contributed by atoms with Crippen molar-refractivity contribution < 1.29 is 4.74 Å². The van der Waals surface area contributed by atoms with Crippen LogP contribution in [-0.4, -0.2) is 31.6 Å². The molecule has 9 heteroatoms. The first-order chi connectivity index (χ1) is 13.2. The van der Waals surface area contributed by atoms with Crippen LogP contribution in [0.2, 0.25) is 0 Å². The third kappa shape index (κ3) is 3.17. The number of anilines is 1. The highest BCUT2D eigenvalue weighted by Gasteiger charge is 2.11. The van der Waals surface area contributed by atoms with Crippen LogP contribution in [0.25, 0.3) is 16.9 Å². The number of pyridine rings is 1. The normalized spacial score (nSPS) is 10.9. The average Bonchev–Trinajstić information content (AvgIpc) is 3.16. The lowest BCUT2D eigenvalue weighted by Gasteiger charge is -2.08. The number of imidazole rings is 1. The number of rotatable bonds is 5. The van der Waals surface area contributed by atoms with Crippen LogP contribution < -0.4 is 21.3 Å². The van der Waals surface area contributed by atoms with E-state index in [0.717, 1.165) is 15.9 Å². The van der Waals surface area contributed by atoms with Gasteiger partial charge in [0, 0.05) is 6.54 Å². The molecule has 3 N–H and O–H groups in total. The smallest absolute Gasteiger partial charge is 0.334 e. The first kappa shape index (κ1) is 16.6. The molecule has 0 aliphatic rings. The molecular formula is C18H16N6O3. The number of methoxy groups -OCH3 is 1. The number of aromatic amines is 2. The Morgan fingerprint density at radius 1 is 1.11 bits per heavy atom. The number of benzene rings is 1. The molecule has 1 aromatic carbocycles. The molecule has 136 valence electrons. The van der Waals surface area contributed by atoms with Gasteiger partial charge in [0.2, 0.25) is 0 Å². The zero-order valence-electron chi connectivity index (χ0n) is 14.4. The predicted octanol–water partition coefficient (Wildman–Crippen LogP) is 1.42. The summed E-state index contributed by atoms with van der Waals surface area (Å²) in [6.07, 6.45) is 2.83. The number of hydrogen-bond donors (Lipinski definition) is 3. The predicted molar refractivity (Wildman–Crippen MR) is 100 cm³/mol. The lowest BCUT2D eigenvalue weighted by atomic mass is 10.2. The van der Waals surface area contributed by atoms with Gasteiger partial charge in [0.05, 0.1) is 25.3 Å². The molecule has 0 radical (unpaired) electrons. The fourth-order valence-electron chi connectivity index (χ4n) is 2.71. The standard InChI is InChI=1S/C18H16N6O3/c1-27-13-5-2-11(3-6-13)8-19-14-7-4-12(9-20-14)24-17(25)15-16(22-10-21-15)23-18(24)26/h2-7,9-10H,8H2,1H3,(H,19,20)(H,21,22)(H,23,26). The molecule has 0 fully saturated rings. The van der Waals surface area contributed by atoms with Gasteiger partial charge in [-0.05, 0) is 29.8 Å². The maximum atomic E-state index is 12.5. The SMILES string of the molecule is COc1ccc(CNc2ccc(-n3c(=O)[nH]c4nc[nH]c4c3=O)cn2)cc1. The molecule has 4 rings (SSSR count). The van der Waals surface area contributed by atoms with E-state index in [1.54, 1.807) is 19.2 Å². The van der Waals surface area contributed by atoms with Gasteiger partial charge in [0.25, 0.3) is 5.56 Å². The van der Waals surface area contributed by atoms with E-state index in [2.05, 4.69) is 25.3 Å². The van der Waals surface area contributed by atoms with Crippen molar-refractivity contribution in [3.8, 4) is 11.4 Å². The van der Waals surface area contributed by atoms with Gasteiger partial charge in [-0.25, -0.2) is 19.3 Å². The summed E-state index contributed by atoms with van der Waals surface area (Å²) in [7, 11) is 1.62. The molecule has 0 saturated carbocycles. The molecule has 27 heavy (non-hydrogen) atoms. The minimum absolute atomic E-state index is 0.229. The molecule has 0 aliphatic carbocycles. The maximum absolute atomic E-state index is 12.5. The Bertz CT molecular complexity index is 1190. The summed E-state index contributed by atoms with van der Waals surface area (Å²) in [5.74, 6) is 1.42. The summed E-state index contributed by atoms with van der Waals surface area (Å²) in [6, 6.07) is 11.1. The molecule has 0 unspecified atom stereocenters. The number of nitrogens with one attached hydrogen (secondary N) is 3. The minimum atomic E-state index is -0.569. The van der Waals surface area contributed by atoms with Crippen molar-refractivity contribution in [2.75, 3.05) is 12.4 Å². The van der Waals surface area contributed by atoms with Crippen molar-refractivity contribution in [1.29, 1.82) is 0 Å². The molecule has 3 heterocycles. The largest absolute Gasteiger partial charge is 0.497 e. The van der Waals surface area contributed by atoms with Gasteiger partial charge in [-0.2, -0.15) is 0 Å². The lowest BCUT2D eigenvalue weighted by Crippen LogP contribution is -2.33. The van der Waals surface area contributed by atoms with Gasteiger partial charge >= 0.3 is 5.69 Å². The Labute approximate surface area is 152 Å². The number of nitrogens with zero attached hydrogens (tertiary/aromatic N) is 3. The summed E-state index contributed by atoms with van der Waals surface area (Å²) in [5.41, 5.74) is 0.849. The molecule has 0 atom stereocenters. The van der Waals surface area contributed by atoms with E-state index in [9.17, 15) is 9.59 Å².